The Labute approximate surface area is 155 Å². The molecule has 3 N–H and O–H groups in total. The van der Waals surface area contributed by atoms with Gasteiger partial charge in [0.2, 0.25) is 0 Å². The summed E-state index contributed by atoms with van der Waals surface area (Å²) in [7, 11) is 0. The second-order valence-corrected chi connectivity index (χ2v) is 8.14. The molecule has 10 heteroatoms. The van der Waals surface area contributed by atoms with Crippen molar-refractivity contribution in [2.45, 2.75) is 30.3 Å². The van der Waals surface area contributed by atoms with E-state index in [-0.39, 0.29) is 22.8 Å². The van der Waals surface area contributed by atoms with Crippen LogP contribution in [0.5, 0.6) is 0 Å². The van der Waals surface area contributed by atoms with Gasteiger partial charge in [-0.15, -0.1) is 0 Å². The molecule has 138 valence electrons. The molecule has 0 bridgehead atoms. The zero-order chi connectivity index (χ0) is 18.9. The molecule has 0 aliphatic heterocycles. The molecule has 0 unspecified atom stereocenters. The van der Waals surface area contributed by atoms with Crippen LogP contribution in [0, 0.1) is 11.6 Å². The number of H-pyrrole nitrogens is 1. The first kappa shape index (κ1) is 18.7. The summed E-state index contributed by atoms with van der Waals surface area (Å²) in [5.41, 5.74) is -0.110. The van der Waals surface area contributed by atoms with E-state index in [0.717, 1.165) is 29.2 Å². The van der Waals surface area contributed by atoms with E-state index in [1.165, 1.54) is 12.1 Å². The second-order valence-electron chi connectivity index (χ2n) is 6.22. The lowest BCUT2D eigenvalue weighted by Crippen LogP contribution is -2.35. The summed E-state index contributed by atoms with van der Waals surface area (Å²) < 4.78 is 27.7. The zero-order valence-electron chi connectivity index (χ0n) is 14.0. The number of hydrogen-bond acceptors (Lipinski definition) is 7. The van der Waals surface area contributed by atoms with Gasteiger partial charge in [0, 0.05) is 11.3 Å². The number of anilines is 1. The van der Waals surface area contributed by atoms with Gasteiger partial charge in [-0.05, 0) is 19.9 Å². The summed E-state index contributed by atoms with van der Waals surface area (Å²) in [4.78, 5) is 22.7. The molecular weight excluding hydrogens is 382 g/mol. The fourth-order valence-electron chi connectivity index (χ4n) is 2.14. The number of aliphatic hydroxyl groups excluding tert-OH is 1. The van der Waals surface area contributed by atoms with Crippen LogP contribution in [0.1, 0.15) is 19.4 Å². The number of benzene rings is 1. The Kier molecular flexibility index (Phi) is 5.26. The standard InChI is InChI=1S/C16H16F2N4O2S2/c1-16(2,7-23)22-13-11-12(21-15(24)26-11)19-14(20-13)25-6-8-4-3-5-9(17)10(8)18/h3-5,23H,6-7H2,1-2H3,(H2,19,20,21,22,24). The van der Waals surface area contributed by atoms with Gasteiger partial charge in [0.15, 0.2) is 28.3 Å². The van der Waals surface area contributed by atoms with Crippen LogP contribution in [0.15, 0.2) is 28.2 Å². The van der Waals surface area contributed by atoms with E-state index in [0.29, 0.717) is 21.3 Å². The maximum atomic E-state index is 13.8. The number of fused-ring (bicyclic) bond motifs is 1. The minimum atomic E-state index is -0.909. The quantitative estimate of drug-likeness (QED) is 0.437. The largest absolute Gasteiger partial charge is 0.394 e. The monoisotopic (exact) mass is 398 g/mol. The molecule has 0 saturated heterocycles. The maximum absolute atomic E-state index is 13.8. The van der Waals surface area contributed by atoms with Crippen molar-refractivity contribution >= 4 is 39.3 Å². The highest BCUT2D eigenvalue weighted by Crippen LogP contribution is 2.29. The third-order valence-electron chi connectivity index (χ3n) is 3.50. The smallest absolute Gasteiger partial charge is 0.306 e. The first-order valence-electron chi connectivity index (χ1n) is 7.64. The number of nitrogens with zero attached hydrogens (tertiary/aromatic N) is 2. The van der Waals surface area contributed by atoms with Gasteiger partial charge in [-0.2, -0.15) is 0 Å². The van der Waals surface area contributed by atoms with Crippen molar-refractivity contribution in [3.63, 3.8) is 0 Å². The Morgan fingerprint density at radius 2 is 2.12 bits per heavy atom. The first-order valence-corrected chi connectivity index (χ1v) is 9.45. The molecule has 1 aromatic carbocycles. The van der Waals surface area contributed by atoms with E-state index in [4.69, 9.17) is 0 Å². The van der Waals surface area contributed by atoms with E-state index in [9.17, 15) is 18.7 Å². The van der Waals surface area contributed by atoms with Crippen molar-refractivity contribution in [3.8, 4) is 0 Å². The van der Waals surface area contributed by atoms with Crippen molar-refractivity contribution in [1.29, 1.82) is 0 Å². The minimum absolute atomic E-state index is 0.131. The predicted octanol–water partition coefficient (Wildman–Crippen LogP) is 3.13. The fraction of sp³-hybridized carbons (Fsp3) is 0.312. The number of halogens is 2. The van der Waals surface area contributed by atoms with Gasteiger partial charge in [-0.3, -0.25) is 9.78 Å². The van der Waals surface area contributed by atoms with Gasteiger partial charge in [-0.1, -0.05) is 35.2 Å². The van der Waals surface area contributed by atoms with Crippen LogP contribution >= 0.6 is 23.1 Å². The molecule has 0 amide bonds. The Balaban J connectivity index is 1.93. The number of thiazole rings is 1. The average molecular weight is 398 g/mol. The second kappa shape index (κ2) is 7.29. The highest BCUT2D eigenvalue weighted by atomic mass is 32.2. The first-order chi connectivity index (χ1) is 12.3. The average Bonchev–Trinajstić information content (AvgIpc) is 2.96. The van der Waals surface area contributed by atoms with E-state index < -0.39 is 17.2 Å². The van der Waals surface area contributed by atoms with Crippen molar-refractivity contribution in [3.05, 3.63) is 45.1 Å². The lowest BCUT2D eigenvalue weighted by atomic mass is 10.1. The van der Waals surface area contributed by atoms with Gasteiger partial charge < -0.3 is 10.4 Å². The van der Waals surface area contributed by atoms with E-state index in [1.54, 1.807) is 13.8 Å². The zero-order valence-corrected chi connectivity index (χ0v) is 15.6. The SMILES string of the molecule is CC(C)(CO)Nc1nc(SCc2cccc(F)c2F)nc2[nH]c(=O)sc12. The molecule has 2 aromatic heterocycles. The van der Waals surface area contributed by atoms with Gasteiger partial charge in [0.05, 0.1) is 12.1 Å². The molecule has 0 aliphatic carbocycles. The number of thioether (sulfide) groups is 1. The van der Waals surface area contributed by atoms with Gasteiger partial charge in [0.25, 0.3) is 0 Å². The molecule has 0 aliphatic rings. The molecule has 0 saturated carbocycles. The number of aliphatic hydroxyl groups is 1. The third kappa shape index (κ3) is 4.02. The molecule has 26 heavy (non-hydrogen) atoms. The Hall–Kier alpha value is -2.04. The molecule has 0 radical (unpaired) electrons. The van der Waals surface area contributed by atoms with Gasteiger partial charge in [0.1, 0.15) is 4.70 Å². The normalized spacial score (nSPS) is 11.9. The highest BCUT2D eigenvalue weighted by Gasteiger charge is 2.21. The minimum Gasteiger partial charge on any atom is -0.394 e. The lowest BCUT2D eigenvalue weighted by Gasteiger charge is -2.24. The Bertz CT molecular complexity index is 1000. The molecule has 3 aromatic rings. The van der Waals surface area contributed by atoms with Crippen LogP contribution in [-0.4, -0.2) is 32.2 Å². The van der Waals surface area contributed by atoms with Crippen LogP contribution in [0.4, 0.5) is 14.6 Å². The van der Waals surface area contributed by atoms with Crippen LogP contribution in [0.25, 0.3) is 10.3 Å². The summed E-state index contributed by atoms with van der Waals surface area (Å²) in [6.07, 6.45) is 0. The summed E-state index contributed by atoms with van der Waals surface area (Å²) in [6, 6.07) is 3.98. The Morgan fingerprint density at radius 3 is 2.85 bits per heavy atom. The van der Waals surface area contributed by atoms with Crippen LogP contribution < -0.4 is 10.2 Å². The van der Waals surface area contributed by atoms with Crippen molar-refractivity contribution in [2.24, 2.45) is 0 Å². The summed E-state index contributed by atoms with van der Waals surface area (Å²) >= 11 is 2.08. The third-order valence-corrected chi connectivity index (χ3v) is 5.28. The Morgan fingerprint density at radius 1 is 1.35 bits per heavy atom. The molecule has 0 fully saturated rings. The topological polar surface area (TPSA) is 90.9 Å². The van der Waals surface area contributed by atoms with Crippen molar-refractivity contribution in [1.82, 2.24) is 15.0 Å². The molecule has 0 spiro atoms. The van der Waals surface area contributed by atoms with E-state index in [1.807, 2.05) is 0 Å². The van der Waals surface area contributed by atoms with Crippen molar-refractivity contribution in [2.75, 3.05) is 11.9 Å². The number of rotatable bonds is 6. The van der Waals surface area contributed by atoms with E-state index >= 15 is 0 Å². The summed E-state index contributed by atoms with van der Waals surface area (Å²) in [5, 5.41) is 12.8. The molecule has 2 heterocycles. The van der Waals surface area contributed by atoms with Gasteiger partial charge in [-0.25, -0.2) is 18.7 Å². The van der Waals surface area contributed by atoms with E-state index in [2.05, 4.69) is 20.3 Å². The highest BCUT2D eigenvalue weighted by molar-refractivity contribution is 7.98. The number of aromatic amines is 1. The summed E-state index contributed by atoms with van der Waals surface area (Å²) in [6.45, 7) is 3.42. The predicted molar refractivity (Wildman–Crippen MR) is 98.7 cm³/mol. The molecular formula is C16H16F2N4O2S2. The lowest BCUT2D eigenvalue weighted by molar-refractivity contribution is 0.234. The number of hydrogen-bond donors (Lipinski definition) is 3. The van der Waals surface area contributed by atoms with Crippen LogP contribution in [0.3, 0.4) is 0 Å². The summed E-state index contributed by atoms with van der Waals surface area (Å²) in [5.74, 6) is -1.27. The number of aromatic nitrogens is 3. The van der Waals surface area contributed by atoms with Crippen LogP contribution in [0.2, 0.25) is 0 Å². The van der Waals surface area contributed by atoms with Crippen LogP contribution in [-0.2, 0) is 5.75 Å². The molecule has 6 nitrogen and oxygen atoms in total. The van der Waals surface area contributed by atoms with Crippen molar-refractivity contribution < 1.29 is 13.9 Å². The number of nitrogens with one attached hydrogen (secondary N) is 2. The van der Waals surface area contributed by atoms with Gasteiger partial charge >= 0.3 is 4.87 Å². The maximum Gasteiger partial charge on any atom is 0.306 e. The fourth-order valence-corrected chi connectivity index (χ4v) is 3.68. The molecule has 3 rings (SSSR count). The molecule has 0 atom stereocenters.